The van der Waals surface area contributed by atoms with Crippen LogP contribution in [0.25, 0.3) is 0 Å². The summed E-state index contributed by atoms with van der Waals surface area (Å²) in [5.74, 6) is 1.25. The number of hydrogen-bond acceptors (Lipinski definition) is 3. The molecule has 0 fully saturated rings. The smallest absolute Gasteiger partial charge is 0.0810 e. The molecule has 2 unspecified atom stereocenters. The van der Waals surface area contributed by atoms with Crippen LogP contribution in [0.3, 0.4) is 0 Å². The van der Waals surface area contributed by atoms with Crippen LogP contribution in [0.1, 0.15) is 87.0 Å². The van der Waals surface area contributed by atoms with Gasteiger partial charge in [-0.15, -0.1) is 0 Å². The molecular weight excluding hydrogens is 494 g/mol. The van der Waals surface area contributed by atoms with E-state index in [9.17, 15) is 0 Å². The SMILES string of the molecule is C=C(/C=C\C(=C)C(=C)/C(=C\C(=C)C(=C)/C=C\C(=C)C(C)CCC(C)CC)CC)CC.CCC.COSN(C)C. The molecule has 2 nitrogen and oxygen atoms in total. The van der Waals surface area contributed by atoms with Crippen LogP contribution in [0.5, 0.6) is 0 Å². The molecule has 0 aromatic rings. The molecule has 0 rings (SSSR count). The second kappa shape index (κ2) is 26.2. The highest BCUT2D eigenvalue weighted by molar-refractivity contribution is 7.92. The second-order valence-corrected chi connectivity index (χ2v) is 11.3. The van der Waals surface area contributed by atoms with Crippen molar-refractivity contribution in [1.29, 1.82) is 0 Å². The van der Waals surface area contributed by atoms with Gasteiger partial charge in [-0.2, -0.15) is 0 Å². The monoisotopic (exact) mass is 555 g/mol. The van der Waals surface area contributed by atoms with E-state index in [4.69, 9.17) is 0 Å². The van der Waals surface area contributed by atoms with Crippen LogP contribution >= 0.6 is 12.2 Å². The lowest BCUT2D eigenvalue weighted by molar-refractivity contribution is 0.454. The molecule has 0 amide bonds. The zero-order valence-corrected chi connectivity index (χ0v) is 28.1. The molecule has 0 radical (unpaired) electrons. The van der Waals surface area contributed by atoms with Crippen molar-refractivity contribution in [1.82, 2.24) is 4.31 Å². The average Bonchev–Trinajstić information content (AvgIpc) is 2.91. The van der Waals surface area contributed by atoms with E-state index in [1.54, 1.807) is 7.11 Å². The van der Waals surface area contributed by atoms with Crippen molar-refractivity contribution in [3.05, 3.63) is 109 Å². The van der Waals surface area contributed by atoms with Gasteiger partial charge in [0.25, 0.3) is 0 Å². The number of hydrogen-bond donors (Lipinski definition) is 0. The van der Waals surface area contributed by atoms with Crippen molar-refractivity contribution < 1.29 is 4.18 Å². The van der Waals surface area contributed by atoms with Crippen LogP contribution in [0, 0.1) is 11.8 Å². The summed E-state index contributed by atoms with van der Waals surface area (Å²) in [5.41, 5.74) is 6.95. The van der Waals surface area contributed by atoms with Crippen LogP contribution in [0.2, 0.25) is 0 Å². The van der Waals surface area contributed by atoms with Gasteiger partial charge in [0.05, 0.1) is 19.3 Å². The molecule has 0 saturated carbocycles. The van der Waals surface area contributed by atoms with Crippen molar-refractivity contribution in [3.8, 4) is 0 Å². The van der Waals surface area contributed by atoms with Crippen LogP contribution in [-0.4, -0.2) is 25.5 Å². The highest BCUT2D eigenvalue weighted by atomic mass is 32.2. The van der Waals surface area contributed by atoms with Gasteiger partial charge in [-0.1, -0.05) is 149 Å². The van der Waals surface area contributed by atoms with Gasteiger partial charge >= 0.3 is 0 Å². The number of allylic oxidation sites excluding steroid dienone is 12. The summed E-state index contributed by atoms with van der Waals surface area (Å²) in [7, 11) is 5.49. The first-order valence-electron chi connectivity index (χ1n) is 14.3. The maximum absolute atomic E-state index is 4.65. The lowest BCUT2D eigenvalue weighted by Gasteiger charge is -2.15. The highest BCUT2D eigenvalue weighted by Gasteiger charge is 2.08. The Kier molecular flexibility index (Phi) is 27.8. The Labute approximate surface area is 249 Å². The van der Waals surface area contributed by atoms with Crippen molar-refractivity contribution in [2.24, 2.45) is 11.8 Å². The Bertz CT molecular complexity index is 853. The Hall–Kier alpha value is -2.07. The normalized spacial score (nSPS) is 12.7. The Morgan fingerprint density at radius 2 is 1.31 bits per heavy atom. The minimum absolute atomic E-state index is 0.478. The molecule has 0 aliphatic heterocycles. The maximum atomic E-state index is 4.65. The zero-order valence-electron chi connectivity index (χ0n) is 27.3. The third-order valence-electron chi connectivity index (χ3n) is 6.04. The van der Waals surface area contributed by atoms with Gasteiger partial charge in [0.2, 0.25) is 0 Å². The first kappa shape index (κ1) is 41.4. The molecule has 3 heteroatoms. The predicted molar refractivity (Wildman–Crippen MR) is 184 cm³/mol. The molecule has 0 saturated heterocycles. The predicted octanol–water partition coefficient (Wildman–Crippen LogP) is 11.8. The molecule has 0 spiro atoms. The van der Waals surface area contributed by atoms with E-state index in [1.165, 1.54) is 37.9 Å². The van der Waals surface area contributed by atoms with Crippen LogP contribution in [0.4, 0.5) is 0 Å². The maximum Gasteiger partial charge on any atom is 0.0810 e. The van der Waals surface area contributed by atoms with Gasteiger partial charge in [0.15, 0.2) is 0 Å². The summed E-state index contributed by atoms with van der Waals surface area (Å²) in [5, 5.41) is 0. The largest absolute Gasteiger partial charge is 0.304 e. The third-order valence-corrected chi connectivity index (χ3v) is 6.48. The molecule has 0 aliphatic carbocycles. The fourth-order valence-corrected chi connectivity index (χ4v) is 3.20. The molecule has 222 valence electrons. The van der Waals surface area contributed by atoms with Gasteiger partial charge in [0, 0.05) is 0 Å². The van der Waals surface area contributed by atoms with Gasteiger partial charge in [-0.3, -0.25) is 0 Å². The second-order valence-electron chi connectivity index (χ2n) is 10.1. The third kappa shape index (κ3) is 23.5. The molecule has 0 aliphatic rings. The van der Waals surface area contributed by atoms with E-state index < -0.39 is 0 Å². The minimum Gasteiger partial charge on any atom is -0.304 e. The minimum atomic E-state index is 0.478. The van der Waals surface area contributed by atoms with Crippen molar-refractivity contribution in [2.75, 3.05) is 21.2 Å². The average molecular weight is 556 g/mol. The van der Waals surface area contributed by atoms with E-state index >= 15 is 0 Å². The summed E-state index contributed by atoms with van der Waals surface area (Å²) < 4.78 is 6.52. The van der Waals surface area contributed by atoms with Gasteiger partial charge < -0.3 is 4.18 Å². The molecule has 0 bridgehead atoms. The number of nitrogens with zero attached hydrogens (tertiary/aromatic N) is 1. The molecule has 0 aromatic carbocycles. The summed E-state index contributed by atoms with van der Waals surface area (Å²) >= 11 is 1.32. The van der Waals surface area contributed by atoms with Crippen LogP contribution in [-0.2, 0) is 4.18 Å². The van der Waals surface area contributed by atoms with E-state index in [0.717, 1.165) is 57.8 Å². The van der Waals surface area contributed by atoms with Gasteiger partial charge in [-0.25, -0.2) is 4.31 Å². The molecule has 39 heavy (non-hydrogen) atoms. The van der Waals surface area contributed by atoms with E-state index in [2.05, 4.69) is 104 Å². The Morgan fingerprint density at radius 1 is 0.769 bits per heavy atom. The Balaban J connectivity index is -0.00000123. The van der Waals surface area contributed by atoms with Crippen molar-refractivity contribution >= 4 is 12.2 Å². The summed E-state index contributed by atoms with van der Waals surface area (Å²) in [6.45, 7) is 40.3. The van der Waals surface area contributed by atoms with Crippen molar-refractivity contribution in [2.45, 2.75) is 87.0 Å². The summed E-state index contributed by atoms with van der Waals surface area (Å²) in [6.07, 6.45) is 16.9. The molecule has 2 atom stereocenters. The van der Waals surface area contributed by atoms with Crippen molar-refractivity contribution in [3.63, 3.8) is 0 Å². The molecule has 0 N–H and O–H groups in total. The van der Waals surface area contributed by atoms with E-state index in [0.29, 0.717) is 5.92 Å². The lowest BCUT2D eigenvalue weighted by Crippen LogP contribution is -2.00. The highest BCUT2D eigenvalue weighted by Crippen LogP contribution is 2.25. The van der Waals surface area contributed by atoms with Crippen LogP contribution in [0.15, 0.2) is 109 Å². The molecule has 0 heterocycles. The summed E-state index contributed by atoms with van der Waals surface area (Å²) in [6, 6.07) is 0. The fraction of sp³-hybridized carbons (Fsp3) is 0.500. The van der Waals surface area contributed by atoms with Gasteiger partial charge in [0.1, 0.15) is 0 Å². The fourth-order valence-electron chi connectivity index (χ4n) is 2.90. The summed E-state index contributed by atoms with van der Waals surface area (Å²) in [4.78, 5) is 0. The molecular formula is C36H61NOS. The van der Waals surface area contributed by atoms with Gasteiger partial charge in [-0.05, 0) is 73.1 Å². The van der Waals surface area contributed by atoms with E-state index in [-0.39, 0.29) is 0 Å². The first-order valence-corrected chi connectivity index (χ1v) is 15.0. The lowest BCUT2D eigenvalue weighted by atomic mass is 9.91. The topological polar surface area (TPSA) is 12.5 Å². The number of rotatable bonds is 17. The molecule has 0 aromatic heterocycles. The van der Waals surface area contributed by atoms with Crippen LogP contribution < -0.4 is 0 Å². The zero-order chi connectivity index (χ0) is 31.0. The van der Waals surface area contributed by atoms with E-state index in [1.807, 2.05) is 36.6 Å². The Morgan fingerprint density at radius 3 is 1.72 bits per heavy atom. The standard InChI is InChI=1S/C30H44.C3H9NOS.C3H8/c1-12-22(4)15-17-24(6)25(7)19-20-26(8)28(10)21-30(14-3)29(11)27(9)18-16-23(5)13-2;1-4(2)6-5-3;1-3-2/h16,18-22,24H,5,7-15,17H2,1-4,6H3;1-3H3;3H2,1-2H3/b18-16-,20-19-,30-21-;;. The first-order chi connectivity index (χ1) is 18.2. The quantitative estimate of drug-likeness (QED) is 0.101.